The second-order valence-electron chi connectivity index (χ2n) is 2.08. The maximum Gasteiger partial charge on any atom is -0.0134 e. The Kier molecular flexibility index (Phi) is 1.01. The van der Waals surface area contributed by atoms with E-state index in [4.69, 9.17) is 0 Å². The van der Waals surface area contributed by atoms with Gasteiger partial charge in [0.25, 0.3) is 0 Å². The fourth-order valence-electron chi connectivity index (χ4n) is 0.709. The highest BCUT2D eigenvalue weighted by molar-refractivity contribution is 5.19. The van der Waals surface area contributed by atoms with Crippen LogP contribution >= 0.6 is 0 Å². The summed E-state index contributed by atoms with van der Waals surface area (Å²) in [6, 6.07) is 0. The Morgan fingerprint density at radius 2 is 2.43 bits per heavy atom. The Bertz CT molecular complexity index is 101. The molecule has 0 amide bonds. The van der Waals surface area contributed by atoms with Gasteiger partial charge in [-0.1, -0.05) is 18.2 Å². The molecule has 0 N–H and O–H groups in total. The van der Waals surface area contributed by atoms with E-state index in [0.717, 1.165) is 12.3 Å². The second-order valence-corrected chi connectivity index (χ2v) is 2.08. The zero-order valence-electron chi connectivity index (χ0n) is 4.48. The smallest absolute Gasteiger partial charge is 0.0134 e. The van der Waals surface area contributed by atoms with Crippen molar-refractivity contribution >= 4 is 0 Å². The van der Waals surface area contributed by atoms with Crippen LogP contribution in [0.15, 0.2) is 24.8 Å². The molecule has 7 heavy (non-hydrogen) atoms. The van der Waals surface area contributed by atoms with E-state index in [0.29, 0.717) is 0 Å². The van der Waals surface area contributed by atoms with E-state index >= 15 is 0 Å². The Morgan fingerprint density at radius 3 is 2.57 bits per heavy atom. The minimum absolute atomic E-state index is 0.803. The molecule has 0 aliphatic heterocycles. The molecule has 0 aromatic heterocycles. The summed E-state index contributed by atoms with van der Waals surface area (Å²) in [5.74, 6) is 0.803. The van der Waals surface area contributed by atoms with E-state index in [1.165, 1.54) is 12.0 Å². The normalized spacial score (nSPS) is 27.4. The first-order valence-electron chi connectivity index (χ1n) is 2.63. The molecule has 0 aromatic carbocycles. The Labute approximate surface area is 44.5 Å². The van der Waals surface area contributed by atoms with Crippen molar-refractivity contribution in [1.29, 1.82) is 0 Å². The van der Waals surface area contributed by atoms with Crippen molar-refractivity contribution in [2.75, 3.05) is 0 Å². The van der Waals surface area contributed by atoms with Gasteiger partial charge in [-0.25, -0.2) is 0 Å². The summed E-state index contributed by atoms with van der Waals surface area (Å²) in [5, 5.41) is 0. The first-order chi connectivity index (χ1) is 3.34. The van der Waals surface area contributed by atoms with E-state index < -0.39 is 0 Å². The van der Waals surface area contributed by atoms with Crippen molar-refractivity contribution in [3.63, 3.8) is 0 Å². The molecule has 0 nitrogen and oxygen atoms in total. The number of rotatable bonds is 2. The van der Waals surface area contributed by atoms with Crippen molar-refractivity contribution in [2.24, 2.45) is 5.92 Å². The second kappa shape index (κ2) is 1.53. The maximum atomic E-state index is 3.82. The maximum absolute atomic E-state index is 3.82. The molecule has 0 aromatic rings. The van der Waals surface area contributed by atoms with Crippen LogP contribution in [0.4, 0.5) is 0 Å². The third-order valence-electron chi connectivity index (χ3n) is 1.38. The Balaban J connectivity index is 2.20. The topological polar surface area (TPSA) is 0 Å². The quantitative estimate of drug-likeness (QED) is 0.460. The summed E-state index contributed by atoms with van der Waals surface area (Å²) in [6.45, 7) is 7.45. The fourth-order valence-corrected chi connectivity index (χ4v) is 0.709. The molecule has 1 saturated carbocycles. The van der Waals surface area contributed by atoms with Gasteiger partial charge in [0.1, 0.15) is 0 Å². The summed E-state index contributed by atoms with van der Waals surface area (Å²) < 4.78 is 0. The molecule has 0 bridgehead atoms. The van der Waals surface area contributed by atoms with Crippen molar-refractivity contribution < 1.29 is 0 Å². The van der Waals surface area contributed by atoms with Gasteiger partial charge in [-0.2, -0.15) is 0 Å². The van der Waals surface area contributed by atoms with Crippen LogP contribution in [0, 0.1) is 5.92 Å². The van der Waals surface area contributed by atoms with Crippen LogP contribution in [0.1, 0.15) is 12.8 Å². The molecule has 0 heterocycles. The van der Waals surface area contributed by atoms with Gasteiger partial charge in [-0.3, -0.25) is 0 Å². The lowest BCUT2D eigenvalue weighted by Gasteiger charge is -1.78. The van der Waals surface area contributed by atoms with Crippen LogP contribution in [0.5, 0.6) is 0 Å². The lowest BCUT2D eigenvalue weighted by Crippen LogP contribution is -1.64. The zero-order valence-corrected chi connectivity index (χ0v) is 4.48. The standard InChI is InChI=1S/C7H10/c1-3-4-7-5-6(7)2/h3,7H,1-2,4-5H2. The van der Waals surface area contributed by atoms with Gasteiger partial charge in [0.2, 0.25) is 0 Å². The lowest BCUT2D eigenvalue weighted by molar-refractivity contribution is 0.896. The van der Waals surface area contributed by atoms with Gasteiger partial charge >= 0.3 is 0 Å². The van der Waals surface area contributed by atoms with Crippen LogP contribution in [0.25, 0.3) is 0 Å². The van der Waals surface area contributed by atoms with Gasteiger partial charge < -0.3 is 0 Å². The average molecular weight is 94.2 g/mol. The predicted molar refractivity (Wildman–Crippen MR) is 32.1 cm³/mol. The molecule has 1 atom stereocenters. The third kappa shape index (κ3) is 0.923. The zero-order chi connectivity index (χ0) is 5.28. The predicted octanol–water partition coefficient (Wildman–Crippen LogP) is 2.14. The van der Waals surface area contributed by atoms with Crippen LogP contribution < -0.4 is 0 Å². The van der Waals surface area contributed by atoms with E-state index in [1.807, 2.05) is 6.08 Å². The minimum atomic E-state index is 0.803. The Morgan fingerprint density at radius 1 is 1.86 bits per heavy atom. The van der Waals surface area contributed by atoms with Crippen LogP contribution in [0.3, 0.4) is 0 Å². The van der Waals surface area contributed by atoms with Crippen LogP contribution in [-0.2, 0) is 0 Å². The van der Waals surface area contributed by atoms with Gasteiger partial charge in [-0.15, -0.1) is 6.58 Å². The first-order valence-corrected chi connectivity index (χ1v) is 2.63. The molecule has 1 fully saturated rings. The summed E-state index contributed by atoms with van der Waals surface area (Å²) in [4.78, 5) is 0. The molecular weight excluding hydrogens is 84.1 g/mol. The van der Waals surface area contributed by atoms with Crippen LogP contribution in [0.2, 0.25) is 0 Å². The number of allylic oxidation sites excluding steroid dienone is 2. The molecule has 1 aliphatic carbocycles. The highest BCUT2D eigenvalue weighted by Gasteiger charge is 2.24. The lowest BCUT2D eigenvalue weighted by atomic mass is 10.3. The Hall–Kier alpha value is -0.520. The van der Waals surface area contributed by atoms with E-state index in [9.17, 15) is 0 Å². The molecular formula is C7H10. The van der Waals surface area contributed by atoms with Gasteiger partial charge in [0, 0.05) is 0 Å². The monoisotopic (exact) mass is 94.1 g/mol. The van der Waals surface area contributed by atoms with Crippen LogP contribution in [-0.4, -0.2) is 0 Å². The highest BCUT2D eigenvalue weighted by Crippen LogP contribution is 2.38. The van der Waals surface area contributed by atoms with Gasteiger partial charge in [0.05, 0.1) is 0 Å². The summed E-state index contributed by atoms with van der Waals surface area (Å²) in [7, 11) is 0. The number of hydrogen-bond acceptors (Lipinski definition) is 0. The largest absolute Gasteiger partial charge is 0.103 e. The van der Waals surface area contributed by atoms with Gasteiger partial charge in [0.15, 0.2) is 0 Å². The van der Waals surface area contributed by atoms with Crippen molar-refractivity contribution in [3.8, 4) is 0 Å². The molecule has 38 valence electrons. The molecule has 0 radical (unpaired) electrons. The average Bonchev–Trinajstić information content (AvgIpc) is 2.22. The molecule has 1 unspecified atom stereocenters. The third-order valence-corrected chi connectivity index (χ3v) is 1.38. The highest BCUT2D eigenvalue weighted by atomic mass is 14.3. The fraction of sp³-hybridized carbons (Fsp3) is 0.429. The van der Waals surface area contributed by atoms with Gasteiger partial charge in [-0.05, 0) is 18.8 Å². The molecule has 0 spiro atoms. The van der Waals surface area contributed by atoms with Crippen molar-refractivity contribution in [1.82, 2.24) is 0 Å². The first kappa shape index (κ1) is 4.63. The summed E-state index contributed by atoms with van der Waals surface area (Å²) in [6.07, 6.45) is 4.34. The van der Waals surface area contributed by atoms with E-state index in [2.05, 4.69) is 13.2 Å². The van der Waals surface area contributed by atoms with E-state index in [1.54, 1.807) is 0 Å². The SMILES string of the molecule is C=CCC1CC1=C. The summed E-state index contributed by atoms with van der Waals surface area (Å²) >= 11 is 0. The number of hydrogen-bond donors (Lipinski definition) is 0. The molecule has 1 aliphatic rings. The van der Waals surface area contributed by atoms with Crippen molar-refractivity contribution in [2.45, 2.75) is 12.8 Å². The molecule has 1 rings (SSSR count). The molecule has 0 saturated heterocycles. The summed E-state index contributed by atoms with van der Waals surface area (Å²) in [5.41, 5.74) is 1.40. The molecule has 0 heteroatoms. The van der Waals surface area contributed by atoms with E-state index in [-0.39, 0.29) is 0 Å². The minimum Gasteiger partial charge on any atom is -0.103 e. The van der Waals surface area contributed by atoms with Crippen molar-refractivity contribution in [3.05, 3.63) is 24.8 Å².